The maximum atomic E-state index is 12.4. The number of nitrogens with one attached hydrogen (secondary N) is 1. The highest BCUT2D eigenvalue weighted by Gasteiger charge is 2.21. The molecular weight excluding hydrogens is 266 g/mol. The predicted molar refractivity (Wildman–Crippen MR) is 79.5 cm³/mol. The molecule has 0 aliphatic rings. The minimum absolute atomic E-state index is 0.176. The summed E-state index contributed by atoms with van der Waals surface area (Å²) in [5.74, 6) is -0.607. The number of hydrogen-bond acceptors (Lipinski definition) is 3. The zero-order chi connectivity index (χ0) is 15.2. The molecule has 0 spiro atoms. The Morgan fingerprint density at radius 1 is 1.05 bits per heavy atom. The standard InChI is InChI=1S/C16H17N3O2/c1-12(2)19(16(21)14-9-6-10-17-11-14)18-15(20)13-7-4-3-5-8-13/h3-12H,1-2H3,(H,18,20). The Morgan fingerprint density at radius 2 is 1.71 bits per heavy atom. The summed E-state index contributed by atoms with van der Waals surface area (Å²) in [5.41, 5.74) is 3.58. The molecular formula is C16H17N3O2. The van der Waals surface area contributed by atoms with Crippen molar-refractivity contribution in [3.05, 3.63) is 66.0 Å². The molecule has 5 nitrogen and oxygen atoms in total. The molecule has 2 aromatic rings. The third kappa shape index (κ3) is 3.66. The second-order valence-corrected chi connectivity index (χ2v) is 4.82. The summed E-state index contributed by atoms with van der Waals surface area (Å²) in [5, 5.41) is 1.31. The Balaban J connectivity index is 2.17. The van der Waals surface area contributed by atoms with Crippen molar-refractivity contribution in [2.75, 3.05) is 0 Å². The number of rotatable bonds is 3. The van der Waals surface area contributed by atoms with Crippen LogP contribution in [0, 0.1) is 0 Å². The summed E-state index contributed by atoms with van der Waals surface area (Å²) in [7, 11) is 0. The quantitative estimate of drug-likeness (QED) is 0.879. The van der Waals surface area contributed by atoms with Gasteiger partial charge in [-0.3, -0.25) is 20.0 Å². The number of carbonyl (C=O) groups excluding carboxylic acids is 2. The highest BCUT2D eigenvalue weighted by Crippen LogP contribution is 2.06. The van der Waals surface area contributed by atoms with Crippen molar-refractivity contribution in [3.8, 4) is 0 Å². The molecule has 0 saturated carbocycles. The number of amides is 2. The summed E-state index contributed by atoms with van der Waals surface area (Å²) >= 11 is 0. The molecule has 1 aromatic heterocycles. The number of aromatic nitrogens is 1. The van der Waals surface area contributed by atoms with Gasteiger partial charge in [0.25, 0.3) is 11.8 Å². The number of carbonyl (C=O) groups is 2. The van der Waals surface area contributed by atoms with Crippen LogP contribution in [0.15, 0.2) is 54.9 Å². The van der Waals surface area contributed by atoms with Crippen LogP contribution in [0.5, 0.6) is 0 Å². The molecule has 1 heterocycles. The van der Waals surface area contributed by atoms with Gasteiger partial charge in [0, 0.05) is 24.0 Å². The normalized spacial score (nSPS) is 10.2. The van der Waals surface area contributed by atoms with Crippen LogP contribution in [0.4, 0.5) is 0 Å². The van der Waals surface area contributed by atoms with E-state index in [2.05, 4.69) is 10.4 Å². The molecule has 2 rings (SSSR count). The van der Waals surface area contributed by atoms with Gasteiger partial charge in [-0.1, -0.05) is 18.2 Å². The fourth-order valence-corrected chi connectivity index (χ4v) is 1.81. The van der Waals surface area contributed by atoms with Crippen molar-refractivity contribution in [1.82, 2.24) is 15.4 Å². The van der Waals surface area contributed by atoms with E-state index in [1.165, 1.54) is 11.2 Å². The molecule has 1 aromatic carbocycles. The average molecular weight is 283 g/mol. The molecule has 0 bridgehead atoms. The van der Waals surface area contributed by atoms with Crippen molar-refractivity contribution in [1.29, 1.82) is 0 Å². The third-order valence-corrected chi connectivity index (χ3v) is 2.90. The van der Waals surface area contributed by atoms with Crippen LogP contribution in [0.25, 0.3) is 0 Å². The van der Waals surface area contributed by atoms with E-state index in [9.17, 15) is 9.59 Å². The van der Waals surface area contributed by atoms with Crippen LogP contribution in [-0.4, -0.2) is 27.8 Å². The van der Waals surface area contributed by atoms with Crippen molar-refractivity contribution in [2.24, 2.45) is 0 Å². The Morgan fingerprint density at radius 3 is 2.29 bits per heavy atom. The molecule has 0 aliphatic heterocycles. The summed E-state index contributed by atoms with van der Waals surface area (Å²) in [6.45, 7) is 3.67. The van der Waals surface area contributed by atoms with Crippen molar-refractivity contribution in [2.45, 2.75) is 19.9 Å². The van der Waals surface area contributed by atoms with Gasteiger partial charge in [-0.2, -0.15) is 0 Å². The highest BCUT2D eigenvalue weighted by molar-refractivity contribution is 5.99. The first-order chi connectivity index (χ1) is 10.1. The van der Waals surface area contributed by atoms with Gasteiger partial charge in [0.1, 0.15) is 0 Å². The molecule has 0 fully saturated rings. The second-order valence-electron chi connectivity index (χ2n) is 4.82. The van der Waals surface area contributed by atoms with E-state index < -0.39 is 0 Å². The van der Waals surface area contributed by atoms with Crippen molar-refractivity contribution in [3.63, 3.8) is 0 Å². The fraction of sp³-hybridized carbons (Fsp3) is 0.188. The van der Waals surface area contributed by atoms with Crippen LogP contribution in [0.2, 0.25) is 0 Å². The first-order valence-electron chi connectivity index (χ1n) is 6.69. The number of nitrogens with zero attached hydrogens (tertiary/aromatic N) is 2. The summed E-state index contributed by atoms with van der Waals surface area (Å²) < 4.78 is 0. The smallest absolute Gasteiger partial charge is 0.267 e. The van der Waals surface area contributed by atoms with Gasteiger partial charge < -0.3 is 0 Å². The van der Waals surface area contributed by atoms with Gasteiger partial charge >= 0.3 is 0 Å². The van der Waals surface area contributed by atoms with Crippen LogP contribution >= 0.6 is 0 Å². The molecule has 0 aliphatic carbocycles. The third-order valence-electron chi connectivity index (χ3n) is 2.90. The molecule has 21 heavy (non-hydrogen) atoms. The first kappa shape index (κ1) is 14.7. The maximum absolute atomic E-state index is 12.4. The summed E-state index contributed by atoms with van der Waals surface area (Å²) in [4.78, 5) is 28.5. The molecule has 1 N–H and O–H groups in total. The van der Waals surface area contributed by atoms with Gasteiger partial charge in [0.05, 0.1) is 5.56 Å². The number of benzene rings is 1. The Kier molecular flexibility index (Phi) is 4.66. The van der Waals surface area contributed by atoms with E-state index in [1.54, 1.807) is 42.6 Å². The van der Waals surface area contributed by atoms with Crippen LogP contribution in [-0.2, 0) is 0 Å². The molecule has 0 radical (unpaired) electrons. The van der Waals surface area contributed by atoms with Gasteiger partial charge in [-0.05, 0) is 38.1 Å². The van der Waals surface area contributed by atoms with Crippen molar-refractivity contribution < 1.29 is 9.59 Å². The monoisotopic (exact) mass is 283 g/mol. The SMILES string of the molecule is CC(C)N(NC(=O)c1ccccc1)C(=O)c1cccnc1. The van der Waals surface area contributed by atoms with Gasteiger partial charge in [-0.25, -0.2) is 5.01 Å². The molecule has 0 unspecified atom stereocenters. The Labute approximate surface area is 123 Å². The van der Waals surface area contributed by atoms with Gasteiger partial charge in [0.2, 0.25) is 0 Å². The van der Waals surface area contributed by atoms with E-state index in [-0.39, 0.29) is 17.9 Å². The topological polar surface area (TPSA) is 62.3 Å². The molecule has 0 saturated heterocycles. The lowest BCUT2D eigenvalue weighted by atomic mass is 10.2. The highest BCUT2D eigenvalue weighted by atomic mass is 16.2. The second kappa shape index (κ2) is 6.65. The first-order valence-corrected chi connectivity index (χ1v) is 6.69. The Bertz CT molecular complexity index is 612. The van der Waals surface area contributed by atoms with E-state index in [0.29, 0.717) is 11.1 Å². The average Bonchev–Trinajstić information content (AvgIpc) is 2.53. The lowest BCUT2D eigenvalue weighted by Crippen LogP contribution is -2.50. The summed E-state index contributed by atoms with van der Waals surface area (Å²) in [6.07, 6.45) is 3.07. The molecule has 2 amide bonds. The minimum Gasteiger partial charge on any atom is -0.267 e. The van der Waals surface area contributed by atoms with E-state index in [1.807, 2.05) is 19.9 Å². The zero-order valence-corrected chi connectivity index (χ0v) is 12.0. The zero-order valence-electron chi connectivity index (χ0n) is 12.0. The van der Waals surface area contributed by atoms with Crippen LogP contribution in [0.1, 0.15) is 34.6 Å². The predicted octanol–water partition coefficient (Wildman–Crippen LogP) is 2.28. The molecule has 5 heteroatoms. The summed E-state index contributed by atoms with van der Waals surface area (Å²) in [6, 6.07) is 12.0. The lowest BCUT2D eigenvalue weighted by molar-refractivity contribution is 0.0516. The van der Waals surface area contributed by atoms with E-state index in [4.69, 9.17) is 0 Å². The lowest BCUT2D eigenvalue weighted by Gasteiger charge is -2.27. The van der Waals surface area contributed by atoms with E-state index >= 15 is 0 Å². The number of hydrogen-bond donors (Lipinski definition) is 1. The minimum atomic E-state index is -0.318. The van der Waals surface area contributed by atoms with E-state index in [0.717, 1.165) is 0 Å². The molecule has 108 valence electrons. The van der Waals surface area contributed by atoms with Gasteiger partial charge in [0.15, 0.2) is 0 Å². The Hall–Kier alpha value is -2.69. The number of hydrazine groups is 1. The molecule has 0 atom stereocenters. The number of pyridine rings is 1. The van der Waals surface area contributed by atoms with Crippen LogP contribution in [0.3, 0.4) is 0 Å². The maximum Gasteiger partial charge on any atom is 0.274 e. The van der Waals surface area contributed by atoms with Gasteiger partial charge in [-0.15, -0.1) is 0 Å². The van der Waals surface area contributed by atoms with Crippen LogP contribution < -0.4 is 5.43 Å². The fourth-order valence-electron chi connectivity index (χ4n) is 1.81. The largest absolute Gasteiger partial charge is 0.274 e. The van der Waals surface area contributed by atoms with Crippen molar-refractivity contribution >= 4 is 11.8 Å².